The van der Waals surface area contributed by atoms with Crippen LogP contribution in [0.25, 0.3) is 6.08 Å². The van der Waals surface area contributed by atoms with Crippen molar-refractivity contribution < 1.29 is 4.74 Å². The molecule has 0 aromatic heterocycles. The Hall–Kier alpha value is -1.08. The first-order chi connectivity index (χ1) is 7.74. The smallest absolute Gasteiger partial charge is 0.0922 e. The number of hydrogen-bond donors (Lipinski definition) is 0. The molecule has 0 amide bonds. The van der Waals surface area contributed by atoms with E-state index in [1.165, 1.54) is 12.0 Å². The van der Waals surface area contributed by atoms with Crippen LogP contribution in [-0.2, 0) is 4.74 Å². The van der Waals surface area contributed by atoms with E-state index in [9.17, 15) is 0 Å². The average Bonchev–Trinajstić information content (AvgIpc) is 2.92. The van der Waals surface area contributed by atoms with Gasteiger partial charge in [0, 0.05) is 7.11 Å². The third-order valence-corrected chi connectivity index (χ3v) is 3.91. The summed E-state index contributed by atoms with van der Waals surface area (Å²) in [6.45, 7) is 4.51. The molecule has 0 heterocycles. The summed E-state index contributed by atoms with van der Waals surface area (Å²) in [5, 5.41) is 0. The fourth-order valence-corrected chi connectivity index (χ4v) is 2.79. The molecule has 1 fully saturated rings. The molecule has 1 aromatic carbocycles. The fourth-order valence-electron chi connectivity index (χ4n) is 2.79. The molecule has 86 valence electrons. The van der Waals surface area contributed by atoms with Crippen LogP contribution in [0.1, 0.15) is 25.8 Å². The number of benzene rings is 1. The predicted molar refractivity (Wildman–Crippen MR) is 68.2 cm³/mol. The van der Waals surface area contributed by atoms with E-state index in [-0.39, 0.29) is 5.60 Å². The highest BCUT2D eigenvalue weighted by molar-refractivity contribution is 5.52. The molecule has 0 bridgehead atoms. The van der Waals surface area contributed by atoms with Crippen LogP contribution < -0.4 is 0 Å². The highest BCUT2D eigenvalue weighted by Gasteiger charge is 2.59. The molecule has 0 spiro atoms. The summed E-state index contributed by atoms with van der Waals surface area (Å²) in [5.41, 5.74) is 1.23. The molecule has 1 nitrogen and oxygen atoms in total. The Bertz CT molecular complexity index is 368. The van der Waals surface area contributed by atoms with Gasteiger partial charge in [0.25, 0.3) is 0 Å². The molecule has 1 aromatic rings. The van der Waals surface area contributed by atoms with Crippen molar-refractivity contribution in [3.63, 3.8) is 0 Å². The van der Waals surface area contributed by atoms with Crippen molar-refractivity contribution in [1.29, 1.82) is 0 Å². The van der Waals surface area contributed by atoms with E-state index in [1.54, 1.807) is 0 Å². The van der Waals surface area contributed by atoms with E-state index in [0.717, 1.165) is 0 Å². The summed E-state index contributed by atoms with van der Waals surface area (Å²) in [5.74, 6) is 1.32. The molecule has 16 heavy (non-hydrogen) atoms. The highest BCUT2D eigenvalue weighted by Crippen LogP contribution is 2.55. The van der Waals surface area contributed by atoms with Gasteiger partial charge in [-0.2, -0.15) is 0 Å². The minimum absolute atomic E-state index is 0.00933. The molecule has 0 unspecified atom stereocenters. The maximum Gasteiger partial charge on any atom is 0.0922 e. The SMILES string of the molecule is CC[C@H]1[C@@H](C)[C@@]1(/C=C/c1ccccc1)OC. The normalized spacial score (nSPS) is 33.2. The number of methoxy groups -OCH3 is 1. The van der Waals surface area contributed by atoms with Crippen LogP contribution in [0, 0.1) is 11.8 Å². The van der Waals surface area contributed by atoms with Gasteiger partial charge in [0.15, 0.2) is 0 Å². The van der Waals surface area contributed by atoms with Crippen molar-refractivity contribution in [2.24, 2.45) is 11.8 Å². The lowest BCUT2D eigenvalue weighted by molar-refractivity contribution is 0.0975. The highest BCUT2D eigenvalue weighted by atomic mass is 16.5. The lowest BCUT2D eigenvalue weighted by Gasteiger charge is -2.10. The van der Waals surface area contributed by atoms with E-state index in [0.29, 0.717) is 11.8 Å². The van der Waals surface area contributed by atoms with Crippen LogP contribution >= 0.6 is 0 Å². The van der Waals surface area contributed by atoms with Crippen LogP contribution in [0.3, 0.4) is 0 Å². The zero-order valence-electron chi connectivity index (χ0n) is 10.3. The van der Waals surface area contributed by atoms with Crippen LogP contribution in [0.4, 0.5) is 0 Å². The first kappa shape index (κ1) is 11.4. The molecular formula is C15H20O. The summed E-state index contributed by atoms with van der Waals surface area (Å²) in [6, 6.07) is 10.4. The number of ether oxygens (including phenoxy) is 1. The zero-order chi connectivity index (χ0) is 11.6. The minimum atomic E-state index is -0.00933. The van der Waals surface area contributed by atoms with Crippen molar-refractivity contribution in [3.05, 3.63) is 42.0 Å². The molecule has 0 saturated heterocycles. The summed E-state index contributed by atoms with van der Waals surface area (Å²) >= 11 is 0. The lowest BCUT2D eigenvalue weighted by atomic mass is 10.1. The second-order valence-electron chi connectivity index (χ2n) is 4.61. The lowest BCUT2D eigenvalue weighted by Crippen LogP contribution is -2.12. The monoisotopic (exact) mass is 216 g/mol. The summed E-state index contributed by atoms with van der Waals surface area (Å²) in [6.07, 6.45) is 5.60. The van der Waals surface area contributed by atoms with E-state index >= 15 is 0 Å². The molecule has 1 aliphatic rings. The molecule has 1 heteroatoms. The van der Waals surface area contributed by atoms with Gasteiger partial charge < -0.3 is 4.74 Å². The summed E-state index contributed by atoms with van der Waals surface area (Å²) in [7, 11) is 1.82. The second kappa shape index (κ2) is 4.42. The Kier molecular flexibility index (Phi) is 3.15. The van der Waals surface area contributed by atoms with Gasteiger partial charge in [0.2, 0.25) is 0 Å². The van der Waals surface area contributed by atoms with Gasteiger partial charge in [0.1, 0.15) is 0 Å². The molecule has 0 aliphatic heterocycles. The second-order valence-corrected chi connectivity index (χ2v) is 4.61. The van der Waals surface area contributed by atoms with Crippen molar-refractivity contribution in [1.82, 2.24) is 0 Å². The Balaban J connectivity index is 2.12. The van der Waals surface area contributed by atoms with Gasteiger partial charge >= 0.3 is 0 Å². The Labute approximate surface area is 98.1 Å². The van der Waals surface area contributed by atoms with Crippen molar-refractivity contribution in [3.8, 4) is 0 Å². The molecule has 1 saturated carbocycles. The number of hydrogen-bond acceptors (Lipinski definition) is 1. The Morgan fingerprint density at radius 2 is 2.00 bits per heavy atom. The average molecular weight is 216 g/mol. The predicted octanol–water partition coefficient (Wildman–Crippen LogP) is 3.76. The van der Waals surface area contributed by atoms with Gasteiger partial charge in [-0.15, -0.1) is 0 Å². The molecular weight excluding hydrogens is 196 g/mol. The Morgan fingerprint density at radius 3 is 2.50 bits per heavy atom. The fraction of sp³-hybridized carbons (Fsp3) is 0.467. The zero-order valence-corrected chi connectivity index (χ0v) is 10.3. The molecule has 1 aliphatic carbocycles. The molecule has 2 rings (SSSR count). The van der Waals surface area contributed by atoms with E-state index < -0.39 is 0 Å². The largest absolute Gasteiger partial charge is 0.374 e. The third kappa shape index (κ3) is 1.80. The molecule has 3 atom stereocenters. The molecule has 0 radical (unpaired) electrons. The Morgan fingerprint density at radius 1 is 1.31 bits per heavy atom. The standard InChI is InChI=1S/C15H20O/c1-4-14-12(2)15(14,16-3)11-10-13-8-6-5-7-9-13/h5-12,14H,4H2,1-3H3/b11-10+/t12-,14+,15-/m1/s1. The summed E-state index contributed by atoms with van der Waals surface area (Å²) in [4.78, 5) is 0. The minimum Gasteiger partial charge on any atom is -0.374 e. The van der Waals surface area contributed by atoms with Crippen LogP contribution in [0.5, 0.6) is 0 Å². The maximum absolute atomic E-state index is 5.70. The van der Waals surface area contributed by atoms with Crippen LogP contribution in [0.2, 0.25) is 0 Å². The topological polar surface area (TPSA) is 9.23 Å². The van der Waals surface area contributed by atoms with Gasteiger partial charge in [0.05, 0.1) is 5.60 Å². The third-order valence-electron chi connectivity index (χ3n) is 3.91. The van der Waals surface area contributed by atoms with Gasteiger partial charge in [-0.1, -0.05) is 56.3 Å². The van der Waals surface area contributed by atoms with E-state index in [1.807, 2.05) is 13.2 Å². The summed E-state index contributed by atoms with van der Waals surface area (Å²) < 4.78 is 5.70. The van der Waals surface area contributed by atoms with E-state index in [2.05, 4.69) is 50.3 Å². The first-order valence-corrected chi connectivity index (χ1v) is 6.04. The molecule has 0 N–H and O–H groups in total. The van der Waals surface area contributed by atoms with Crippen LogP contribution in [0.15, 0.2) is 36.4 Å². The van der Waals surface area contributed by atoms with Crippen LogP contribution in [-0.4, -0.2) is 12.7 Å². The van der Waals surface area contributed by atoms with E-state index in [4.69, 9.17) is 4.74 Å². The van der Waals surface area contributed by atoms with Gasteiger partial charge in [-0.25, -0.2) is 0 Å². The number of rotatable bonds is 4. The van der Waals surface area contributed by atoms with Crippen molar-refractivity contribution >= 4 is 6.08 Å². The quantitative estimate of drug-likeness (QED) is 0.744. The first-order valence-electron chi connectivity index (χ1n) is 6.04. The van der Waals surface area contributed by atoms with Gasteiger partial charge in [-0.05, 0) is 23.8 Å². The van der Waals surface area contributed by atoms with Gasteiger partial charge in [-0.3, -0.25) is 0 Å². The van der Waals surface area contributed by atoms with Crippen molar-refractivity contribution in [2.75, 3.05) is 7.11 Å². The maximum atomic E-state index is 5.70. The van der Waals surface area contributed by atoms with Crippen molar-refractivity contribution in [2.45, 2.75) is 25.9 Å².